The number of rotatable bonds is 4. The highest BCUT2D eigenvalue weighted by Crippen LogP contribution is 2.20. The summed E-state index contributed by atoms with van der Waals surface area (Å²) < 4.78 is 1.80. The van der Waals surface area contributed by atoms with Crippen LogP contribution in [0.15, 0.2) is 24.3 Å². The van der Waals surface area contributed by atoms with Gasteiger partial charge in [0, 0.05) is 0 Å². The molecule has 0 radical (unpaired) electrons. The smallest absolute Gasteiger partial charge is 0.307 e. The molecular formula is C14H15ClN2O2. The number of carbonyl (C=O) groups is 1. The summed E-state index contributed by atoms with van der Waals surface area (Å²) in [6.45, 7) is 4.29. The van der Waals surface area contributed by atoms with Gasteiger partial charge in [0.1, 0.15) is 0 Å². The zero-order valence-electron chi connectivity index (χ0n) is 10.9. The molecule has 100 valence electrons. The third kappa shape index (κ3) is 2.96. The van der Waals surface area contributed by atoms with Crippen LogP contribution in [-0.2, 0) is 17.8 Å². The first-order chi connectivity index (χ1) is 8.99. The fourth-order valence-electron chi connectivity index (χ4n) is 2.04. The number of nitrogens with zero attached hydrogens (tertiary/aromatic N) is 2. The largest absolute Gasteiger partial charge is 0.481 e. The van der Waals surface area contributed by atoms with E-state index in [9.17, 15) is 4.79 Å². The van der Waals surface area contributed by atoms with Crippen molar-refractivity contribution in [2.24, 2.45) is 0 Å². The molecule has 0 bridgehead atoms. The van der Waals surface area contributed by atoms with Gasteiger partial charge in [0.25, 0.3) is 0 Å². The number of aliphatic carboxylic acids is 1. The summed E-state index contributed by atoms with van der Waals surface area (Å²) in [6.07, 6.45) is 0.0171. The molecule has 1 aromatic carbocycles. The van der Waals surface area contributed by atoms with Crippen molar-refractivity contribution in [2.75, 3.05) is 0 Å². The average Bonchev–Trinajstić information content (AvgIpc) is 2.59. The summed E-state index contributed by atoms with van der Waals surface area (Å²) in [4.78, 5) is 10.9. The molecule has 2 rings (SSSR count). The van der Waals surface area contributed by atoms with Crippen LogP contribution in [0.5, 0.6) is 0 Å². The summed E-state index contributed by atoms with van der Waals surface area (Å²) in [5, 5.41) is 13.9. The van der Waals surface area contributed by atoms with Crippen LogP contribution in [0.1, 0.15) is 22.5 Å². The first kappa shape index (κ1) is 13.6. The van der Waals surface area contributed by atoms with Crippen LogP contribution in [0.2, 0.25) is 5.02 Å². The summed E-state index contributed by atoms with van der Waals surface area (Å²) in [7, 11) is 0. The maximum absolute atomic E-state index is 10.9. The molecule has 0 aliphatic heterocycles. The molecule has 19 heavy (non-hydrogen) atoms. The minimum atomic E-state index is -0.834. The Bertz CT molecular complexity index is 620. The predicted octanol–water partition coefficient (Wildman–Crippen LogP) is 2.83. The lowest BCUT2D eigenvalue weighted by Crippen LogP contribution is -2.09. The van der Waals surface area contributed by atoms with Gasteiger partial charge in [0.2, 0.25) is 0 Å². The third-order valence-electron chi connectivity index (χ3n) is 3.07. The van der Waals surface area contributed by atoms with Crippen molar-refractivity contribution in [3.8, 4) is 0 Å². The highest BCUT2D eigenvalue weighted by molar-refractivity contribution is 6.31. The van der Waals surface area contributed by atoms with Crippen molar-refractivity contribution < 1.29 is 9.90 Å². The lowest BCUT2D eigenvalue weighted by atomic mass is 10.0. The molecule has 0 fully saturated rings. The normalized spacial score (nSPS) is 10.7. The van der Waals surface area contributed by atoms with Crippen molar-refractivity contribution in [2.45, 2.75) is 26.8 Å². The number of aryl methyl sites for hydroxylation is 1. The van der Waals surface area contributed by atoms with Crippen molar-refractivity contribution in [1.82, 2.24) is 9.78 Å². The van der Waals surface area contributed by atoms with E-state index in [-0.39, 0.29) is 6.42 Å². The fraction of sp³-hybridized carbons (Fsp3) is 0.286. The van der Waals surface area contributed by atoms with Gasteiger partial charge in [-0.25, -0.2) is 0 Å². The molecule has 2 aromatic rings. The summed E-state index contributed by atoms with van der Waals surface area (Å²) >= 11 is 6.11. The van der Waals surface area contributed by atoms with Gasteiger partial charge in [0.15, 0.2) is 0 Å². The van der Waals surface area contributed by atoms with Crippen LogP contribution >= 0.6 is 11.6 Å². The van der Waals surface area contributed by atoms with Crippen LogP contribution in [0.3, 0.4) is 0 Å². The molecule has 0 saturated heterocycles. The Kier molecular flexibility index (Phi) is 3.90. The molecular weight excluding hydrogens is 264 g/mol. The van der Waals surface area contributed by atoms with Crippen molar-refractivity contribution >= 4 is 17.6 Å². The monoisotopic (exact) mass is 278 g/mol. The van der Waals surface area contributed by atoms with E-state index in [0.29, 0.717) is 11.6 Å². The second-order valence-electron chi connectivity index (χ2n) is 4.48. The van der Waals surface area contributed by atoms with Crippen LogP contribution in [0.25, 0.3) is 0 Å². The summed E-state index contributed by atoms with van der Waals surface area (Å²) in [5.74, 6) is -0.834. The Morgan fingerprint density at radius 1 is 1.32 bits per heavy atom. The van der Waals surface area contributed by atoms with Gasteiger partial charge in [-0.1, -0.05) is 35.9 Å². The van der Waals surface area contributed by atoms with E-state index in [4.69, 9.17) is 16.7 Å². The molecule has 0 aliphatic rings. The van der Waals surface area contributed by atoms with E-state index in [1.54, 1.807) is 4.68 Å². The molecule has 1 heterocycles. The van der Waals surface area contributed by atoms with E-state index >= 15 is 0 Å². The first-order valence-corrected chi connectivity index (χ1v) is 6.35. The fourth-order valence-corrected chi connectivity index (χ4v) is 2.17. The Labute approximate surface area is 116 Å². The molecule has 0 atom stereocenters. The molecule has 0 aliphatic carbocycles. The van der Waals surface area contributed by atoms with Gasteiger partial charge in [-0.05, 0) is 25.0 Å². The van der Waals surface area contributed by atoms with Crippen LogP contribution in [-0.4, -0.2) is 20.9 Å². The first-order valence-electron chi connectivity index (χ1n) is 5.97. The van der Waals surface area contributed by atoms with Crippen LogP contribution in [0.4, 0.5) is 0 Å². The van der Waals surface area contributed by atoms with E-state index in [0.717, 1.165) is 22.5 Å². The number of hydrogen-bond donors (Lipinski definition) is 1. The predicted molar refractivity (Wildman–Crippen MR) is 73.6 cm³/mol. The zero-order valence-corrected chi connectivity index (χ0v) is 11.6. The van der Waals surface area contributed by atoms with Crippen molar-refractivity contribution in [1.29, 1.82) is 0 Å². The van der Waals surface area contributed by atoms with E-state index in [1.807, 2.05) is 38.1 Å². The van der Waals surface area contributed by atoms with Crippen LogP contribution < -0.4 is 0 Å². The van der Waals surface area contributed by atoms with E-state index in [2.05, 4.69) is 5.10 Å². The second kappa shape index (κ2) is 5.45. The number of hydrogen-bond acceptors (Lipinski definition) is 2. The topological polar surface area (TPSA) is 55.1 Å². The van der Waals surface area contributed by atoms with Gasteiger partial charge in [-0.3, -0.25) is 9.48 Å². The molecule has 0 unspecified atom stereocenters. The molecule has 0 amide bonds. The quantitative estimate of drug-likeness (QED) is 0.936. The van der Waals surface area contributed by atoms with Crippen LogP contribution in [0, 0.1) is 13.8 Å². The minimum Gasteiger partial charge on any atom is -0.481 e. The third-order valence-corrected chi connectivity index (χ3v) is 3.62. The summed E-state index contributed by atoms with van der Waals surface area (Å²) in [5.41, 5.74) is 3.44. The van der Waals surface area contributed by atoms with Gasteiger partial charge in [-0.2, -0.15) is 5.10 Å². The zero-order chi connectivity index (χ0) is 14.0. The maximum Gasteiger partial charge on any atom is 0.307 e. The molecule has 0 saturated carbocycles. The van der Waals surface area contributed by atoms with Crippen molar-refractivity contribution in [3.05, 3.63) is 51.8 Å². The summed E-state index contributed by atoms with van der Waals surface area (Å²) in [6, 6.07) is 7.49. The molecule has 1 N–H and O–H groups in total. The number of aromatic nitrogens is 2. The molecule has 5 heteroatoms. The Hall–Kier alpha value is -1.81. The van der Waals surface area contributed by atoms with Crippen molar-refractivity contribution in [3.63, 3.8) is 0 Å². The highest BCUT2D eigenvalue weighted by Gasteiger charge is 2.12. The Balaban J connectivity index is 2.32. The molecule has 4 nitrogen and oxygen atoms in total. The molecule has 1 aromatic heterocycles. The SMILES string of the molecule is Cc1nn(Cc2ccccc2CC(=O)O)c(C)c1Cl. The van der Waals surface area contributed by atoms with Gasteiger partial charge in [0.05, 0.1) is 29.4 Å². The number of halogens is 1. The Morgan fingerprint density at radius 2 is 1.95 bits per heavy atom. The van der Waals surface area contributed by atoms with Gasteiger partial charge >= 0.3 is 5.97 Å². The maximum atomic E-state index is 10.9. The Morgan fingerprint density at radius 3 is 2.47 bits per heavy atom. The highest BCUT2D eigenvalue weighted by atomic mass is 35.5. The average molecular weight is 279 g/mol. The standard InChI is InChI=1S/C14H15ClN2O2/c1-9-14(15)10(2)17(16-9)8-12-6-4-3-5-11(12)7-13(18)19/h3-6H,7-8H2,1-2H3,(H,18,19). The van der Waals surface area contributed by atoms with Gasteiger partial charge in [-0.15, -0.1) is 0 Å². The lowest BCUT2D eigenvalue weighted by Gasteiger charge is -2.09. The second-order valence-corrected chi connectivity index (χ2v) is 4.86. The lowest BCUT2D eigenvalue weighted by molar-refractivity contribution is -0.136. The number of carboxylic acid groups (broad SMARTS) is 1. The number of carboxylic acids is 1. The molecule has 0 spiro atoms. The number of benzene rings is 1. The van der Waals surface area contributed by atoms with Gasteiger partial charge < -0.3 is 5.11 Å². The van der Waals surface area contributed by atoms with E-state index < -0.39 is 5.97 Å². The van der Waals surface area contributed by atoms with E-state index in [1.165, 1.54) is 0 Å². The minimum absolute atomic E-state index is 0.0171.